The number of aryl methyl sites for hydroxylation is 2. The van der Waals surface area contributed by atoms with E-state index in [2.05, 4.69) is 14.9 Å². The molecule has 1 aliphatic carbocycles. The van der Waals surface area contributed by atoms with Crippen molar-refractivity contribution < 1.29 is 12.9 Å². The highest BCUT2D eigenvalue weighted by molar-refractivity contribution is 7.91. The van der Waals surface area contributed by atoms with E-state index in [0.717, 1.165) is 30.6 Å². The SMILES string of the molecule is Cc1nc(C2(NS(=O)(=O)c3ccc(C)s3)CCCCCC2)no1. The van der Waals surface area contributed by atoms with Crippen molar-refractivity contribution in [3.63, 3.8) is 0 Å². The summed E-state index contributed by atoms with van der Waals surface area (Å²) in [5, 5.41) is 4.03. The van der Waals surface area contributed by atoms with Gasteiger partial charge < -0.3 is 4.52 Å². The van der Waals surface area contributed by atoms with Gasteiger partial charge >= 0.3 is 0 Å². The summed E-state index contributed by atoms with van der Waals surface area (Å²) < 4.78 is 34.0. The van der Waals surface area contributed by atoms with Gasteiger partial charge in [0.25, 0.3) is 10.0 Å². The van der Waals surface area contributed by atoms with Crippen molar-refractivity contribution in [2.24, 2.45) is 0 Å². The number of aromatic nitrogens is 2. The fourth-order valence-electron chi connectivity index (χ4n) is 3.06. The molecule has 0 amide bonds. The minimum Gasteiger partial charge on any atom is -0.340 e. The van der Waals surface area contributed by atoms with Gasteiger partial charge in [0.15, 0.2) is 5.82 Å². The molecule has 0 atom stereocenters. The van der Waals surface area contributed by atoms with Crippen molar-refractivity contribution in [1.82, 2.24) is 14.9 Å². The third-order valence-electron chi connectivity index (χ3n) is 4.22. The van der Waals surface area contributed by atoms with Crippen molar-refractivity contribution in [1.29, 1.82) is 0 Å². The Labute approximate surface area is 140 Å². The molecule has 1 saturated carbocycles. The molecular weight excluding hydrogens is 334 g/mol. The molecule has 2 heterocycles. The van der Waals surface area contributed by atoms with E-state index in [0.29, 0.717) is 28.8 Å². The van der Waals surface area contributed by atoms with Crippen molar-refractivity contribution in [2.45, 2.75) is 62.1 Å². The standard InChI is InChI=1S/C15H21N3O3S2/c1-11-7-8-13(22-11)23(19,20)18-15(9-5-3-4-6-10-15)14-16-12(2)21-17-14/h7-8,18H,3-6,9-10H2,1-2H3. The molecule has 0 aromatic carbocycles. The maximum absolute atomic E-state index is 12.8. The lowest BCUT2D eigenvalue weighted by atomic mass is 9.91. The zero-order valence-corrected chi connectivity index (χ0v) is 15.0. The minimum atomic E-state index is -3.61. The Kier molecular flexibility index (Phi) is 4.57. The Bertz CT molecular complexity index is 771. The highest BCUT2D eigenvalue weighted by Gasteiger charge is 2.41. The van der Waals surface area contributed by atoms with Crippen molar-refractivity contribution in [3.8, 4) is 0 Å². The van der Waals surface area contributed by atoms with Gasteiger partial charge in [-0.2, -0.15) is 9.71 Å². The van der Waals surface area contributed by atoms with Crippen LogP contribution in [0.4, 0.5) is 0 Å². The van der Waals surface area contributed by atoms with Gasteiger partial charge in [0, 0.05) is 11.8 Å². The van der Waals surface area contributed by atoms with Crippen molar-refractivity contribution in [3.05, 3.63) is 28.7 Å². The van der Waals surface area contributed by atoms with Crippen LogP contribution in [-0.2, 0) is 15.6 Å². The van der Waals surface area contributed by atoms with Crippen LogP contribution in [0.25, 0.3) is 0 Å². The molecule has 1 fully saturated rings. The topological polar surface area (TPSA) is 85.1 Å². The fourth-order valence-corrected chi connectivity index (χ4v) is 5.77. The first-order valence-electron chi connectivity index (χ1n) is 7.83. The quantitative estimate of drug-likeness (QED) is 0.851. The van der Waals surface area contributed by atoms with Crippen LogP contribution in [0.15, 0.2) is 20.9 Å². The third kappa shape index (κ3) is 3.49. The number of rotatable bonds is 4. The molecule has 3 rings (SSSR count). The van der Waals surface area contributed by atoms with Crippen molar-refractivity contribution >= 4 is 21.4 Å². The number of nitrogens with zero attached hydrogens (tertiary/aromatic N) is 2. The molecule has 0 unspecified atom stereocenters. The van der Waals surface area contributed by atoms with E-state index >= 15 is 0 Å². The molecule has 2 aromatic heterocycles. The number of hydrogen-bond donors (Lipinski definition) is 1. The van der Waals surface area contributed by atoms with E-state index in [-0.39, 0.29) is 0 Å². The zero-order chi connectivity index (χ0) is 16.5. The van der Waals surface area contributed by atoms with E-state index in [1.54, 1.807) is 13.0 Å². The third-order valence-corrected chi connectivity index (χ3v) is 7.25. The first kappa shape index (κ1) is 16.6. The lowest BCUT2D eigenvalue weighted by Gasteiger charge is -2.30. The summed E-state index contributed by atoms with van der Waals surface area (Å²) in [6.07, 6.45) is 5.46. The number of thiophene rings is 1. The van der Waals surface area contributed by atoms with Crippen LogP contribution in [0.2, 0.25) is 0 Å². The molecule has 0 spiro atoms. The average molecular weight is 355 g/mol. The molecule has 6 nitrogen and oxygen atoms in total. The van der Waals surface area contributed by atoms with Crippen LogP contribution in [0.1, 0.15) is 55.1 Å². The van der Waals surface area contributed by atoms with Crippen LogP contribution < -0.4 is 4.72 Å². The molecule has 2 aromatic rings. The fraction of sp³-hybridized carbons (Fsp3) is 0.600. The van der Waals surface area contributed by atoms with E-state index < -0.39 is 15.6 Å². The summed E-state index contributed by atoms with van der Waals surface area (Å²) in [6, 6.07) is 3.46. The van der Waals surface area contributed by atoms with Crippen LogP contribution in [0, 0.1) is 13.8 Å². The van der Waals surface area contributed by atoms with Gasteiger partial charge in [-0.25, -0.2) is 8.42 Å². The van der Waals surface area contributed by atoms with Crippen LogP contribution >= 0.6 is 11.3 Å². The van der Waals surface area contributed by atoms with E-state index in [1.165, 1.54) is 11.3 Å². The van der Waals surface area contributed by atoms with Crippen LogP contribution in [0.5, 0.6) is 0 Å². The number of nitrogens with one attached hydrogen (secondary N) is 1. The van der Waals surface area contributed by atoms with Gasteiger partial charge in [0.2, 0.25) is 5.89 Å². The van der Waals surface area contributed by atoms with Gasteiger partial charge in [-0.1, -0.05) is 30.8 Å². The number of hydrogen-bond acceptors (Lipinski definition) is 6. The van der Waals surface area contributed by atoms with Crippen molar-refractivity contribution in [2.75, 3.05) is 0 Å². The minimum absolute atomic E-state index is 0.332. The molecule has 1 aliphatic rings. The summed E-state index contributed by atoms with van der Waals surface area (Å²) in [7, 11) is -3.61. The molecule has 126 valence electrons. The lowest BCUT2D eigenvalue weighted by Crippen LogP contribution is -2.46. The van der Waals surface area contributed by atoms with Crippen LogP contribution in [0.3, 0.4) is 0 Å². The Balaban J connectivity index is 1.98. The Hall–Kier alpha value is -1.25. The Morgan fingerprint density at radius 2 is 1.87 bits per heavy atom. The largest absolute Gasteiger partial charge is 0.340 e. The van der Waals surface area contributed by atoms with E-state index in [9.17, 15) is 8.42 Å². The maximum atomic E-state index is 12.8. The normalized spacial score (nSPS) is 18.7. The lowest BCUT2D eigenvalue weighted by molar-refractivity contribution is 0.301. The Morgan fingerprint density at radius 1 is 1.17 bits per heavy atom. The summed E-state index contributed by atoms with van der Waals surface area (Å²) in [5.41, 5.74) is -0.773. The second-order valence-corrected chi connectivity index (χ2v) is 9.30. The molecule has 23 heavy (non-hydrogen) atoms. The molecular formula is C15H21N3O3S2. The summed E-state index contributed by atoms with van der Waals surface area (Å²) >= 11 is 1.27. The summed E-state index contributed by atoms with van der Waals surface area (Å²) in [4.78, 5) is 5.30. The van der Waals surface area contributed by atoms with Gasteiger partial charge in [-0.3, -0.25) is 0 Å². The van der Waals surface area contributed by atoms with E-state index in [4.69, 9.17) is 4.52 Å². The average Bonchev–Trinajstić information content (AvgIpc) is 3.05. The molecule has 1 N–H and O–H groups in total. The van der Waals surface area contributed by atoms with E-state index in [1.807, 2.05) is 13.0 Å². The molecule has 8 heteroatoms. The highest BCUT2D eigenvalue weighted by atomic mass is 32.2. The molecule has 0 radical (unpaired) electrons. The summed E-state index contributed by atoms with van der Waals surface area (Å²) in [5.74, 6) is 0.906. The predicted molar refractivity (Wildman–Crippen MR) is 87.8 cm³/mol. The predicted octanol–water partition coefficient (Wildman–Crippen LogP) is 3.28. The second-order valence-electron chi connectivity index (χ2n) is 6.10. The zero-order valence-electron chi connectivity index (χ0n) is 13.3. The Morgan fingerprint density at radius 3 is 2.39 bits per heavy atom. The second kappa shape index (κ2) is 6.33. The summed E-state index contributed by atoms with van der Waals surface area (Å²) in [6.45, 7) is 3.62. The maximum Gasteiger partial charge on any atom is 0.250 e. The van der Waals surface area contributed by atoms with Gasteiger partial charge in [0.05, 0.1) is 5.54 Å². The highest BCUT2D eigenvalue weighted by Crippen LogP contribution is 2.36. The smallest absolute Gasteiger partial charge is 0.250 e. The van der Waals surface area contributed by atoms with Gasteiger partial charge in [-0.05, 0) is 31.9 Å². The molecule has 0 saturated heterocycles. The first-order chi connectivity index (χ1) is 10.9. The first-order valence-corrected chi connectivity index (χ1v) is 10.1. The monoisotopic (exact) mass is 355 g/mol. The van der Waals surface area contributed by atoms with Gasteiger partial charge in [0.1, 0.15) is 4.21 Å². The van der Waals surface area contributed by atoms with Gasteiger partial charge in [-0.15, -0.1) is 11.3 Å². The molecule has 0 bridgehead atoms. The molecule has 0 aliphatic heterocycles. The van der Waals surface area contributed by atoms with Crippen LogP contribution in [-0.4, -0.2) is 18.6 Å². The number of sulfonamides is 1.